The van der Waals surface area contributed by atoms with Crippen molar-refractivity contribution < 1.29 is 13.9 Å². The van der Waals surface area contributed by atoms with Crippen LogP contribution in [-0.2, 0) is 0 Å². The first kappa shape index (κ1) is 13.0. The standard InChI is InChI=1S/C12H14ClFN2O2/c1-18-11-5-10(15)9(13)4-8(11)12(17)16-3-2-7(14)6-16/h4-5,7H,2-3,6,15H2,1H3/t7-/m0/s1. The zero-order chi connectivity index (χ0) is 13.3. The fourth-order valence-corrected chi connectivity index (χ4v) is 2.14. The maximum Gasteiger partial charge on any atom is 0.257 e. The molecule has 0 radical (unpaired) electrons. The van der Waals surface area contributed by atoms with Gasteiger partial charge in [-0.3, -0.25) is 4.79 Å². The second-order valence-corrected chi connectivity index (χ2v) is 4.62. The molecule has 0 bridgehead atoms. The number of nitrogens with two attached hydrogens (primary N) is 1. The van der Waals surface area contributed by atoms with E-state index < -0.39 is 6.17 Å². The summed E-state index contributed by atoms with van der Waals surface area (Å²) in [7, 11) is 1.45. The fourth-order valence-electron chi connectivity index (χ4n) is 1.98. The summed E-state index contributed by atoms with van der Waals surface area (Å²) < 4.78 is 18.2. The molecule has 0 spiro atoms. The van der Waals surface area contributed by atoms with Crippen LogP contribution < -0.4 is 10.5 Å². The lowest BCUT2D eigenvalue weighted by Gasteiger charge is -2.17. The van der Waals surface area contributed by atoms with Crippen molar-refractivity contribution >= 4 is 23.2 Å². The Hall–Kier alpha value is -1.49. The number of amides is 1. The molecule has 1 atom stereocenters. The van der Waals surface area contributed by atoms with Crippen molar-refractivity contribution in [1.29, 1.82) is 0 Å². The van der Waals surface area contributed by atoms with Crippen molar-refractivity contribution in [3.05, 3.63) is 22.7 Å². The minimum Gasteiger partial charge on any atom is -0.496 e. The molecule has 0 saturated carbocycles. The van der Waals surface area contributed by atoms with Crippen molar-refractivity contribution in [3.8, 4) is 5.75 Å². The van der Waals surface area contributed by atoms with Crippen molar-refractivity contribution in [2.24, 2.45) is 0 Å². The quantitative estimate of drug-likeness (QED) is 0.839. The second kappa shape index (κ2) is 5.02. The highest BCUT2D eigenvalue weighted by atomic mass is 35.5. The molecule has 1 aliphatic rings. The molecule has 1 saturated heterocycles. The highest BCUT2D eigenvalue weighted by Gasteiger charge is 2.28. The molecule has 1 fully saturated rings. The molecule has 6 heteroatoms. The highest BCUT2D eigenvalue weighted by molar-refractivity contribution is 6.33. The minimum atomic E-state index is -0.954. The highest BCUT2D eigenvalue weighted by Crippen LogP contribution is 2.30. The maximum atomic E-state index is 13.1. The number of carbonyl (C=O) groups is 1. The monoisotopic (exact) mass is 272 g/mol. The number of hydrogen-bond donors (Lipinski definition) is 1. The number of likely N-dealkylation sites (tertiary alicyclic amines) is 1. The van der Waals surface area contributed by atoms with E-state index in [0.717, 1.165) is 0 Å². The van der Waals surface area contributed by atoms with Gasteiger partial charge in [0.15, 0.2) is 0 Å². The number of anilines is 1. The summed E-state index contributed by atoms with van der Waals surface area (Å²) in [4.78, 5) is 13.7. The molecule has 0 aliphatic carbocycles. The first-order valence-electron chi connectivity index (χ1n) is 5.59. The molecule has 98 valence electrons. The first-order valence-corrected chi connectivity index (χ1v) is 5.97. The molecule has 1 aromatic rings. The van der Waals surface area contributed by atoms with Crippen LogP contribution in [0.4, 0.5) is 10.1 Å². The number of rotatable bonds is 2. The van der Waals surface area contributed by atoms with Crippen LogP contribution in [0.2, 0.25) is 5.02 Å². The van der Waals surface area contributed by atoms with E-state index >= 15 is 0 Å². The van der Waals surface area contributed by atoms with Crippen LogP contribution >= 0.6 is 11.6 Å². The van der Waals surface area contributed by atoms with Gasteiger partial charge in [-0.15, -0.1) is 0 Å². The Bertz CT molecular complexity index is 481. The minimum absolute atomic E-state index is 0.115. The summed E-state index contributed by atoms with van der Waals surface area (Å²) in [6, 6.07) is 2.96. The fraction of sp³-hybridized carbons (Fsp3) is 0.417. The zero-order valence-electron chi connectivity index (χ0n) is 9.95. The predicted octanol–water partition coefficient (Wildman–Crippen LogP) is 2.11. The van der Waals surface area contributed by atoms with E-state index in [0.29, 0.717) is 30.0 Å². The van der Waals surface area contributed by atoms with Gasteiger partial charge in [-0.1, -0.05) is 11.6 Å². The molecular weight excluding hydrogens is 259 g/mol. The number of alkyl halides is 1. The van der Waals surface area contributed by atoms with Crippen molar-refractivity contribution in [2.75, 3.05) is 25.9 Å². The van der Waals surface area contributed by atoms with E-state index in [1.807, 2.05) is 0 Å². The van der Waals surface area contributed by atoms with Crippen molar-refractivity contribution in [2.45, 2.75) is 12.6 Å². The molecule has 4 nitrogen and oxygen atoms in total. The van der Waals surface area contributed by atoms with Crippen LogP contribution in [-0.4, -0.2) is 37.2 Å². The lowest BCUT2D eigenvalue weighted by molar-refractivity contribution is 0.0779. The normalized spacial score (nSPS) is 19.1. The average Bonchev–Trinajstić information content (AvgIpc) is 2.78. The molecule has 18 heavy (non-hydrogen) atoms. The molecule has 1 aromatic carbocycles. The van der Waals surface area contributed by atoms with Gasteiger partial charge in [0, 0.05) is 12.6 Å². The van der Waals surface area contributed by atoms with Gasteiger partial charge in [-0.2, -0.15) is 0 Å². The Morgan fingerprint density at radius 3 is 2.89 bits per heavy atom. The van der Waals surface area contributed by atoms with E-state index in [9.17, 15) is 9.18 Å². The number of carbonyl (C=O) groups excluding carboxylic acids is 1. The van der Waals surface area contributed by atoms with E-state index in [1.54, 1.807) is 0 Å². The van der Waals surface area contributed by atoms with Gasteiger partial charge in [0.05, 0.1) is 29.9 Å². The van der Waals surface area contributed by atoms with Crippen LogP contribution in [0.3, 0.4) is 0 Å². The average molecular weight is 273 g/mol. The second-order valence-electron chi connectivity index (χ2n) is 4.21. The topological polar surface area (TPSA) is 55.6 Å². The molecule has 2 rings (SSSR count). The first-order chi connectivity index (χ1) is 8.52. The summed E-state index contributed by atoms with van der Waals surface area (Å²) in [6.07, 6.45) is -0.583. The summed E-state index contributed by atoms with van der Waals surface area (Å²) >= 11 is 5.90. The number of ether oxygens (including phenoxy) is 1. The Morgan fingerprint density at radius 1 is 1.61 bits per heavy atom. The Labute approximate surface area is 109 Å². The number of benzene rings is 1. The van der Waals surface area contributed by atoms with Crippen molar-refractivity contribution in [1.82, 2.24) is 4.90 Å². The molecule has 0 unspecified atom stereocenters. The summed E-state index contributed by atoms with van der Waals surface area (Å²) in [5.41, 5.74) is 6.30. The smallest absolute Gasteiger partial charge is 0.257 e. The molecule has 1 heterocycles. The third-order valence-corrected chi connectivity index (χ3v) is 3.29. The van der Waals surface area contributed by atoms with Gasteiger partial charge < -0.3 is 15.4 Å². The van der Waals surface area contributed by atoms with Crippen LogP contribution in [0.25, 0.3) is 0 Å². The van der Waals surface area contributed by atoms with Crippen LogP contribution in [0, 0.1) is 0 Å². The van der Waals surface area contributed by atoms with Gasteiger partial charge in [0.1, 0.15) is 11.9 Å². The third-order valence-electron chi connectivity index (χ3n) is 2.97. The zero-order valence-corrected chi connectivity index (χ0v) is 10.7. The largest absolute Gasteiger partial charge is 0.496 e. The van der Waals surface area contributed by atoms with Crippen LogP contribution in [0.1, 0.15) is 16.8 Å². The summed E-state index contributed by atoms with van der Waals surface area (Å²) in [5, 5.41) is 0.287. The Balaban J connectivity index is 2.32. The van der Waals surface area contributed by atoms with Crippen LogP contribution in [0.5, 0.6) is 5.75 Å². The van der Waals surface area contributed by atoms with Crippen LogP contribution in [0.15, 0.2) is 12.1 Å². The van der Waals surface area contributed by atoms with E-state index in [1.165, 1.54) is 24.1 Å². The summed E-state index contributed by atoms with van der Waals surface area (Å²) in [6.45, 7) is 0.523. The van der Waals surface area contributed by atoms with E-state index in [2.05, 4.69) is 0 Å². The lowest BCUT2D eigenvalue weighted by Crippen LogP contribution is -2.29. The molecule has 2 N–H and O–H groups in total. The summed E-state index contributed by atoms with van der Waals surface area (Å²) in [5.74, 6) is 0.0677. The maximum absolute atomic E-state index is 13.1. The Kier molecular flexibility index (Phi) is 3.61. The van der Waals surface area contributed by atoms with Gasteiger partial charge in [0.2, 0.25) is 0 Å². The third kappa shape index (κ3) is 2.36. The Morgan fingerprint density at radius 2 is 2.33 bits per heavy atom. The number of nitrogens with zero attached hydrogens (tertiary/aromatic N) is 1. The van der Waals surface area contributed by atoms with E-state index in [4.69, 9.17) is 22.1 Å². The SMILES string of the molecule is COc1cc(N)c(Cl)cc1C(=O)N1CC[C@H](F)C1. The van der Waals surface area contributed by atoms with E-state index in [-0.39, 0.29) is 17.5 Å². The number of nitrogen functional groups attached to an aromatic ring is 1. The molecule has 0 aromatic heterocycles. The number of methoxy groups -OCH3 is 1. The lowest BCUT2D eigenvalue weighted by atomic mass is 10.1. The predicted molar refractivity (Wildman–Crippen MR) is 67.8 cm³/mol. The van der Waals surface area contributed by atoms with Gasteiger partial charge in [0.25, 0.3) is 5.91 Å². The number of hydrogen-bond acceptors (Lipinski definition) is 3. The van der Waals surface area contributed by atoms with Gasteiger partial charge in [-0.25, -0.2) is 4.39 Å². The van der Waals surface area contributed by atoms with Gasteiger partial charge in [-0.05, 0) is 12.5 Å². The molecule has 1 amide bonds. The molecular formula is C12H14ClFN2O2. The van der Waals surface area contributed by atoms with Gasteiger partial charge >= 0.3 is 0 Å². The van der Waals surface area contributed by atoms with Crippen molar-refractivity contribution in [3.63, 3.8) is 0 Å². The number of halogens is 2. The molecule has 1 aliphatic heterocycles.